The van der Waals surface area contributed by atoms with E-state index in [1.807, 2.05) is 7.05 Å². The summed E-state index contributed by atoms with van der Waals surface area (Å²) in [4.78, 5) is 26.3. The summed E-state index contributed by atoms with van der Waals surface area (Å²) in [5.74, 6) is -0.887. The van der Waals surface area contributed by atoms with E-state index in [1.54, 1.807) is 9.80 Å². The van der Waals surface area contributed by atoms with Crippen molar-refractivity contribution in [2.24, 2.45) is 0 Å². The lowest BCUT2D eigenvalue weighted by Crippen LogP contribution is -2.53. The van der Waals surface area contributed by atoms with Crippen LogP contribution in [0, 0.1) is 0 Å². The molecular formula is C12H20N2O4. The van der Waals surface area contributed by atoms with Crippen molar-refractivity contribution in [3.8, 4) is 0 Å². The summed E-state index contributed by atoms with van der Waals surface area (Å²) in [6, 6.07) is 0.358. The molecule has 1 atom stereocenters. The molecule has 2 aliphatic rings. The first-order valence-corrected chi connectivity index (χ1v) is 6.43. The van der Waals surface area contributed by atoms with Crippen LogP contribution < -0.4 is 0 Å². The third kappa shape index (κ3) is 2.93. The smallest absolute Gasteiger partial charge is 0.320 e. The highest BCUT2D eigenvalue weighted by Crippen LogP contribution is 2.24. The molecule has 1 aliphatic heterocycles. The van der Waals surface area contributed by atoms with Crippen molar-refractivity contribution in [3.05, 3.63) is 0 Å². The van der Waals surface area contributed by atoms with E-state index in [-0.39, 0.29) is 18.6 Å². The Hall–Kier alpha value is -1.30. The summed E-state index contributed by atoms with van der Waals surface area (Å²) in [6.07, 6.45) is 2.91. The zero-order valence-corrected chi connectivity index (χ0v) is 10.7. The fourth-order valence-electron chi connectivity index (χ4n) is 2.36. The average Bonchev–Trinajstić information content (AvgIpc) is 2.25. The lowest BCUT2D eigenvalue weighted by atomic mass is 9.92. The first kappa shape index (κ1) is 13.1. The maximum atomic E-state index is 12.2. The Bertz CT molecular complexity index is 330. The zero-order chi connectivity index (χ0) is 13.1. The highest BCUT2D eigenvalue weighted by Gasteiger charge is 2.32. The van der Waals surface area contributed by atoms with Crippen LogP contribution in [-0.2, 0) is 9.53 Å². The van der Waals surface area contributed by atoms with Crippen LogP contribution in [-0.4, -0.2) is 65.8 Å². The molecule has 1 unspecified atom stereocenters. The van der Waals surface area contributed by atoms with Crippen molar-refractivity contribution in [1.29, 1.82) is 0 Å². The molecular weight excluding hydrogens is 236 g/mol. The van der Waals surface area contributed by atoms with E-state index in [1.165, 1.54) is 6.42 Å². The SMILES string of the molecule is CN(C(=O)N1CCOC(CC(=O)O)C1)C1CCC1. The summed E-state index contributed by atoms with van der Waals surface area (Å²) < 4.78 is 5.36. The lowest BCUT2D eigenvalue weighted by Gasteiger charge is -2.40. The van der Waals surface area contributed by atoms with Crippen LogP contribution in [0.5, 0.6) is 0 Å². The first-order valence-electron chi connectivity index (χ1n) is 6.43. The monoisotopic (exact) mass is 256 g/mol. The predicted octanol–water partition coefficient (Wildman–Crippen LogP) is 0.766. The highest BCUT2D eigenvalue weighted by molar-refractivity contribution is 5.75. The molecule has 0 spiro atoms. The molecule has 1 saturated heterocycles. The Balaban J connectivity index is 1.87. The van der Waals surface area contributed by atoms with Gasteiger partial charge in [0, 0.05) is 26.2 Å². The number of rotatable bonds is 3. The van der Waals surface area contributed by atoms with E-state index >= 15 is 0 Å². The molecule has 6 nitrogen and oxygen atoms in total. The molecule has 1 aliphatic carbocycles. The molecule has 0 aromatic carbocycles. The Labute approximate surface area is 106 Å². The van der Waals surface area contributed by atoms with Crippen LogP contribution in [0.15, 0.2) is 0 Å². The Morgan fingerprint density at radius 3 is 2.72 bits per heavy atom. The van der Waals surface area contributed by atoms with E-state index in [9.17, 15) is 9.59 Å². The van der Waals surface area contributed by atoms with Crippen LogP contribution in [0.4, 0.5) is 4.79 Å². The summed E-state index contributed by atoms with van der Waals surface area (Å²) >= 11 is 0. The van der Waals surface area contributed by atoms with Crippen molar-refractivity contribution >= 4 is 12.0 Å². The molecule has 0 aromatic rings. The number of morpholine rings is 1. The van der Waals surface area contributed by atoms with Gasteiger partial charge in [-0.25, -0.2) is 4.79 Å². The van der Waals surface area contributed by atoms with Gasteiger partial charge in [-0.2, -0.15) is 0 Å². The van der Waals surface area contributed by atoms with E-state index < -0.39 is 5.97 Å². The largest absolute Gasteiger partial charge is 0.481 e. The van der Waals surface area contributed by atoms with Gasteiger partial charge in [0.1, 0.15) is 0 Å². The number of carboxylic acids is 1. The highest BCUT2D eigenvalue weighted by atomic mass is 16.5. The molecule has 18 heavy (non-hydrogen) atoms. The van der Waals surface area contributed by atoms with Crippen molar-refractivity contribution < 1.29 is 19.4 Å². The average molecular weight is 256 g/mol. The first-order chi connectivity index (χ1) is 8.58. The van der Waals surface area contributed by atoms with Crippen molar-refractivity contribution in [3.63, 3.8) is 0 Å². The summed E-state index contributed by atoms with van der Waals surface area (Å²) in [7, 11) is 1.83. The fraction of sp³-hybridized carbons (Fsp3) is 0.833. The molecule has 2 fully saturated rings. The summed E-state index contributed by atoms with van der Waals surface area (Å²) in [5.41, 5.74) is 0. The van der Waals surface area contributed by atoms with Gasteiger partial charge in [0.15, 0.2) is 0 Å². The zero-order valence-electron chi connectivity index (χ0n) is 10.7. The fourth-order valence-corrected chi connectivity index (χ4v) is 2.36. The standard InChI is InChI=1S/C12H20N2O4/c1-13(9-3-2-4-9)12(17)14-5-6-18-10(8-14)7-11(15)16/h9-10H,2-8H2,1H3,(H,15,16). The molecule has 6 heteroatoms. The van der Waals surface area contributed by atoms with Gasteiger partial charge in [0.2, 0.25) is 0 Å². The minimum absolute atomic E-state index is 0.00149. The number of aliphatic carboxylic acids is 1. The number of nitrogens with zero attached hydrogens (tertiary/aromatic N) is 2. The van der Waals surface area contributed by atoms with Gasteiger partial charge in [-0.05, 0) is 19.3 Å². The Morgan fingerprint density at radius 2 is 2.17 bits per heavy atom. The number of carbonyl (C=O) groups is 2. The van der Waals surface area contributed by atoms with Gasteiger partial charge >= 0.3 is 12.0 Å². The number of urea groups is 1. The molecule has 2 rings (SSSR count). The number of amides is 2. The number of carbonyl (C=O) groups excluding carboxylic acids is 1. The second-order valence-corrected chi connectivity index (χ2v) is 5.01. The minimum atomic E-state index is -0.887. The van der Waals surface area contributed by atoms with Crippen LogP contribution in [0.3, 0.4) is 0 Å². The normalized spacial score (nSPS) is 24.5. The third-order valence-electron chi connectivity index (χ3n) is 3.74. The molecule has 2 amide bonds. The molecule has 102 valence electrons. The second-order valence-electron chi connectivity index (χ2n) is 5.01. The third-order valence-corrected chi connectivity index (χ3v) is 3.74. The maximum absolute atomic E-state index is 12.2. The van der Waals surface area contributed by atoms with Crippen LogP contribution in [0.2, 0.25) is 0 Å². The molecule has 0 aromatic heterocycles. The van der Waals surface area contributed by atoms with Crippen molar-refractivity contribution in [2.45, 2.75) is 37.8 Å². The van der Waals surface area contributed by atoms with Gasteiger partial charge in [-0.3, -0.25) is 4.79 Å². The Morgan fingerprint density at radius 1 is 1.44 bits per heavy atom. The molecule has 0 radical (unpaired) electrons. The molecule has 1 heterocycles. The second kappa shape index (κ2) is 5.56. The molecule has 1 saturated carbocycles. The maximum Gasteiger partial charge on any atom is 0.320 e. The lowest BCUT2D eigenvalue weighted by molar-refractivity contribution is -0.141. The van der Waals surface area contributed by atoms with E-state index in [0.29, 0.717) is 25.7 Å². The van der Waals surface area contributed by atoms with E-state index in [2.05, 4.69) is 0 Å². The van der Waals surface area contributed by atoms with E-state index in [0.717, 1.165) is 12.8 Å². The number of hydrogen-bond donors (Lipinski definition) is 1. The predicted molar refractivity (Wildman–Crippen MR) is 64.4 cm³/mol. The topological polar surface area (TPSA) is 70.1 Å². The molecule has 0 bridgehead atoms. The minimum Gasteiger partial charge on any atom is -0.481 e. The number of ether oxygens (including phenoxy) is 1. The van der Waals surface area contributed by atoms with Crippen LogP contribution in [0.25, 0.3) is 0 Å². The van der Waals surface area contributed by atoms with Crippen LogP contribution >= 0.6 is 0 Å². The van der Waals surface area contributed by atoms with Crippen molar-refractivity contribution in [1.82, 2.24) is 9.80 Å². The number of carboxylic acid groups (broad SMARTS) is 1. The van der Waals surface area contributed by atoms with Gasteiger partial charge < -0.3 is 19.6 Å². The van der Waals surface area contributed by atoms with Gasteiger partial charge in [-0.15, -0.1) is 0 Å². The summed E-state index contributed by atoms with van der Waals surface area (Å²) in [5, 5.41) is 8.74. The van der Waals surface area contributed by atoms with Gasteiger partial charge in [0.05, 0.1) is 19.1 Å². The summed E-state index contributed by atoms with van der Waals surface area (Å²) in [6.45, 7) is 1.34. The van der Waals surface area contributed by atoms with E-state index in [4.69, 9.17) is 9.84 Å². The van der Waals surface area contributed by atoms with Crippen LogP contribution in [0.1, 0.15) is 25.7 Å². The van der Waals surface area contributed by atoms with Crippen molar-refractivity contribution in [2.75, 3.05) is 26.7 Å². The van der Waals surface area contributed by atoms with Gasteiger partial charge in [-0.1, -0.05) is 0 Å². The number of hydrogen-bond acceptors (Lipinski definition) is 3. The quantitative estimate of drug-likeness (QED) is 0.809. The van der Waals surface area contributed by atoms with Gasteiger partial charge in [0.25, 0.3) is 0 Å². The molecule has 1 N–H and O–H groups in total. The Kier molecular flexibility index (Phi) is 4.06.